The summed E-state index contributed by atoms with van der Waals surface area (Å²) in [6, 6.07) is 83.9. The maximum Gasteiger partial charge on any atom is 0.381 e. The van der Waals surface area contributed by atoms with Gasteiger partial charge < -0.3 is 60.5 Å². The minimum absolute atomic E-state index is 0.754. The minimum Gasteiger partial charge on any atom is -0.496 e. The molecule has 0 saturated heterocycles. The second-order valence-electron chi connectivity index (χ2n) is 24.3. The molecule has 3 heterocycles. The van der Waals surface area contributed by atoms with Gasteiger partial charge in [0, 0.05) is 52.5 Å². The van der Waals surface area contributed by atoms with Gasteiger partial charge in [0.2, 0.25) is 0 Å². The zero-order valence-corrected chi connectivity index (χ0v) is 73.0. The molecule has 0 atom stereocenters. The van der Waals surface area contributed by atoms with Crippen molar-refractivity contribution in [3.8, 4) is 69.0 Å². The van der Waals surface area contributed by atoms with Gasteiger partial charge in [-0.05, 0) is 164 Å². The van der Waals surface area contributed by atoms with E-state index in [1.54, 1.807) is 49.7 Å². The predicted octanol–water partition coefficient (Wildman–Crippen LogP) is 22.9. The number of nitrogens with one attached hydrogen (secondary N) is 2. The summed E-state index contributed by atoms with van der Waals surface area (Å²) in [6.45, 7) is 14.6. The summed E-state index contributed by atoms with van der Waals surface area (Å²) in [5.74, 6) is 9.68. The van der Waals surface area contributed by atoms with Crippen LogP contribution in [0.25, 0.3) is 32.3 Å². The van der Waals surface area contributed by atoms with E-state index in [2.05, 4.69) is 110 Å². The monoisotopic (exact) mass is 1660 g/mol. The Bertz CT molecular complexity index is 4840. The molecule has 3 aliphatic rings. The molecule has 590 valence electrons. The molecule has 0 spiro atoms. The average Bonchev–Trinajstić information content (AvgIpc) is 0.734. The fourth-order valence-electron chi connectivity index (χ4n) is 12.2. The highest BCUT2D eigenvalue weighted by Gasteiger charge is 2.47. The summed E-state index contributed by atoms with van der Waals surface area (Å²) in [5, 5.41) is 15.3. The van der Waals surface area contributed by atoms with Crippen LogP contribution in [-0.2, 0) is 0 Å². The fourth-order valence-corrected chi connectivity index (χ4v) is 30.2. The third-order valence-corrected chi connectivity index (χ3v) is 36.9. The predicted molar refractivity (Wildman–Crippen MR) is 478 cm³/mol. The van der Waals surface area contributed by atoms with Crippen LogP contribution in [0.15, 0.2) is 264 Å². The van der Waals surface area contributed by atoms with Crippen LogP contribution in [-0.4, -0.2) is 94.9 Å². The third-order valence-electron chi connectivity index (χ3n) is 17.9. The molecular formula is C87H101Cl2N5O12P6. The van der Waals surface area contributed by atoms with E-state index in [-0.39, 0.29) is 0 Å². The molecule has 0 saturated carbocycles. The fraction of sp³-hybridized carbons (Fsp3) is 0.241. The summed E-state index contributed by atoms with van der Waals surface area (Å²) in [4.78, 5) is 4.78. The van der Waals surface area contributed by atoms with Crippen LogP contribution in [0.1, 0.15) is 54.4 Å². The lowest BCUT2D eigenvalue weighted by molar-refractivity contribution is 0.321. The smallest absolute Gasteiger partial charge is 0.381 e. The summed E-state index contributed by atoms with van der Waals surface area (Å²) < 4.78 is 81.9. The summed E-state index contributed by atoms with van der Waals surface area (Å²) in [6.07, 6.45) is 2.64. The number of halogens is 2. The molecule has 0 aliphatic carbocycles. The Balaban J connectivity index is 0.000000167. The molecule has 17 nitrogen and oxygen atoms in total. The average molecular weight is 1670 g/mol. The third kappa shape index (κ3) is 20.6. The zero-order valence-electron chi connectivity index (χ0n) is 66.2. The van der Waals surface area contributed by atoms with Crippen LogP contribution in [0.5, 0.6) is 69.0 Å². The SMILES string of the molecule is CCCC.CCN(CC)CC.CCNCl.CN=P(c1ccccc1OC)(c1ccccc1OC)P1Oc2cccc3cccc(c23)O1.CN=P1(P(c2ccccc2OC)c2ccccc2OC)Oc2cccc3cccc(c23)O1.CNP1Oc2cccc3cccc(c23)O1.COc1ccccc1P(Cl)c1ccccc1OC. The lowest BCUT2D eigenvalue weighted by atomic mass is 10.1. The van der Waals surface area contributed by atoms with Gasteiger partial charge in [-0.2, -0.15) is 0 Å². The van der Waals surface area contributed by atoms with Crippen LogP contribution < -0.4 is 97.3 Å². The van der Waals surface area contributed by atoms with Gasteiger partial charge in [0.1, 0.15) is 75.7 Å². The standard InChI is InChI=1S/2C25H23NO4P2.C14H14ClO2P.C11H10NO2P.C6H15N.C4H10.C2H6ClN/c1-26-32(23-16-6-4-12-19(23)27-2,24-17-7-5-13-20(24)28-3)31-29-21-14-8-10-18-11-9-15-22(30-31)25(18)21;1-26-32(29-21-14-8-10-18-11-9-15-22(30-32)25(18)21)31(23-16-6-4-12-19(23)27-2)24-17-7-5-13-20(24)28-3;1-16-11-7-3-5-9-13(11)18(15)14-10-6-4-8-12(14)17-2;1-12-15-13-9-6-2-4-8-5-3-7-10(14-15)11(8)9;1-4-7(5-2)6-3;1-3-4-2;1-2-4-3/h2*4-17H,1-3H3;3-10H,1-2H3;2-7,12H,1H3;4-6H2,1-3H3;3-4H2,1-2H3;4H,2H2,1H3. The van der Waals surface area contributed by atoms with Crippen molar-refractivity contribution in [3.63, 3.8) is 0 Å². The van der Waals surface area contributed by atoms with Gasteiger partial charge in [0.25, 0.3) is 0 Å². The molecule has 12 aromatic rings. The van der Waals surface area contributed by atoms with E-state index in [1.165, 1.54) is 32.5 Å². The first-order valence-corrected chi connectivity index (χ1v) is 47.9. The minimum atomic E-state index is -2.87. The van der Waals surface area contributed by atoms with E-state index in [0.717, 1.165) is 140 Å². The summed E-state index contributed by atoms with van der Waals surface area (Å²) >= 11 is 11.5. The van der Waals surface area contributed by atoms with Gasteiger partial charge in [-0.1, -0.05) is 211 Å². The van der Waals surface area contributed by atoms with Crippen molar-refractivity contribution in [3.05, 3.63) is 255 Å². The molecule has 0 amide bonds. The Labute approximate surface area is 676 Å². The van der Waals surface area contributed by atoms with Gasteiger partial charge >= 0.3 is 23.8 Å². The molecule has 0 fully saturated rings. The van der Waals surface area contributed by atoms with E-state index in [1.807, 2.05) is 215 Å². The van der Waals surface area contributed by atoms with Gasteiger partial charge in [-0.25, -0.2) is 14.7 Å². The van der Waals surface area contributed by atoms with Gasteiger partial charge in [-0.15, -0.1) is 0 Å². The Hall–Kier alpha value is -8.34. The van der Waals surface area contributed by atoms with Crippen LogP contribution in [0, 0.1) is 0 Å². The first-order chi connectivity index (χ1) is 54.8. The number of para-hydroxylation sites is 6. The second-order valence-corrected chi connectivity index (χ2v) is 40.6. The Morgan fingerprint density at radius 1 is 0.402 bits per heavy atom. The van der Waals surface area contributed by atoms with E-state index in [9.17, 15) is 0 Å². The molecule has 0 bridgehead atoms. The molecule has 0 radical (unpaired) electrons. The molecule has 2 N–H and O–H groups in total. The number of ether oxygens (including phenoxy) is 6. The largest absolute Gasteiger partial charge is 0.496 e. The quantitative estimate of drug-likeness (QED) is 0.0547. The van der Waals surface area contributed by atoms with Crippen LogP contribution in [0.4, 0.5) is 0 Å². The van der Waals surface area contributed by atoms with Crippen molar-refractivity contribution < 1.29 is 55.6 Å². The highest BCUT2D eigenvalue weighted by molar-refractivity contribution is 8.37. The van der Waals surface area contributed by atoms with E-state index in [4.69, 9.17) is 88.1 Å². The molecule has 0 unspecified atom stereocenters. The summed E-state index contributed by atoms with van der Waals surface area (Å²) in [5.41, 5.74) is 0. The van der Waals surface area contributed by atoms with Crippen molar-refractivity contribution in [2.75, 3.05) is 90.0 Å². The second kappa shape index (κ2) is 44.4. The molecule has 3 aliphatic heterocycles. The van der Waals surface area contributed by atoms with Crippen molar-refractivity contribution in [1.29, 1.82) is 0 Å². The maximum atomic E-state index is 6.75. The first kappa shape index (κ1) is 87.6. The number of hydrogen-bond donors (Lipinski definition) is 2. The normalized spacial score (nSPS) is 12.6. The first-order valence-electron chi connectivity index (χ1n) is 36.8. The Morgan fingerprint density at radius 2 is 0.696 bits per heavy atom. The number of benzene rings is 12. The van der Waals surface area contributed by atoms with E-state index < -0.39 is 45.4 Å². The Morgan fingerprint density at radius 3 is 0.991 bits per heavy atom. The Kier molecular flexibility index (Phi) is 34.7. The lowest BCUT2D eigenvalue weighted by Gasteiger charge is -2.36. The topological polar surface area (TPSA) is 163 Å². The van der Waals surface area contributed by atoms with Gasteiger partial charge in [0.15, 0.2) is 0 Å². The molecule has 12 aromatic carbocycles. The van der Waals surface area contributed by atoms with E-state index in [0.29, 0.717) is 0 Å². The lowest BCUT2D eigenvalue weighted by Crippen LogP contribution is -2.22. The summed E-state index contributed by atoms with van der Waals surface area (Å²) in [7, 11) is 7.77. The molecule has 0 aromatic heterocycles. The number of methoxy groups -OCH3 is 6. The zero-order chi connectivity index (χ0) is 80.0. The maximum absolute atomic E-state index is 6.75. The van der Waals surface area contributed by atoms with Crippen LogP contribution in [0.2, 0.25) is 0 Å². The van der Waals surface area contributed by atoms with Crippen LogP contribution in [0.3, 0.4) is 0 Å². The number of nitrogens with zero attached hydrogens (tertiary/aromatic N) is 3. The van der Waals surface area contributed by atoms with Crippen molar-refractivity contribution in [2.24, 2.45) is 9.49 Å². The van der Waals surface area contributed by atoms with Crippen LogP contribution >= 0.6 is 68.4 Å². The van der Waals surface area contributed by atoms with Crippen molar-refractivity contribution in [2.45, 2.75) is 54.4 Å². The highest BCUT2D eigenvalue weighted by atomic mass is 35.7. The van der Waals surface area contributed by atoms with Gasteiger partial charge in [0.05, 0.1) is 73.7 Å². The molecule has 15 rings (SSSR count). The molecule has 112 heavy (non-hydrogen) atoms. The number of unbranched alkanes of at least 4 members (excludes halogenated alkanes) is 1. The van der Waals surface area contributed by atoms with E-state index >= 15 is 0 Å². The van der Waals surface area contributed by atoms with Crippen molar-refractivity contribution >= 4 is 133 Å². The highest BCUT2D eigenvalue weighted by Crippen LogP contribution is 2.80. The van der Waals surface area contributed by atoms with Gasteiger partial charge in [-0.3, -0.25) is 4.74 Å². The van der Waals surface area contributed by atoms with Crippen molar-refractivity contribution in [1.82, 2.24) is 14.8 Å². The molecule has 25 heteroatoms. The molecular weight excluding hydrogens is 1560 g/mol. The number of rotatable bonds is 20. The number of hydrogen-bond acceptors (Lipinski definition) is 17.